The lowest BCUT2D eigenvalue weighted by Crippen LogP contribution is -2.48. The number of carbonyl (C=O) groups excluding carboxylic acids is 1. The predicted molar refractivity (Wildman–Crippen MR) is 143 cm³/mol. The molecule has 2 saturated heterocycles. The first-order chi connectivity index (χ1) is 17.2. The molecule has 3 heterocycles. The van der Waals surface area contributed by atoms with Crippen LogP contribution >= 0.6 is 22.9 Å². The second kappa shape index (κ2) is 10.4. The van der Waals surface area contributed by atoms with Crippen molar-refractivity contribution in [2.45, 2.75) is 50.5 Å². The van der Waals surface area contributed by atoms with E-state index < -0.39 is 15.9 Å². The van der Waals surface area contributed by atoms with Gasteiger partial charge >= 0.3 is 0 Å². The van der Waals surface area contributed by atoms with Gasteiger partial charge in [-0.15, -0.1) is 0 Å². The molecule has 2 aliphatic rings. The summed E-state index contributed by atoms with van der Waals surface area (Å²) in [5, 5.41) is 1.13. The summed E-state index contributed by atoms with van der Waals surface area (Å²) in [5.74, 6) is -0.535. The minimum Gasteiger partial charge on any atom is -0.376 e. The number of nitrogens with zero attached hydrogens (tertiary/aromatic N) is 3. The van der Waals surface area contributed by atoms with Gasteiger partial charge in [-0.3, -0.25) is 9.69 Å². The minimum absolute atomic E-state index is 0.0405. The number of thiazole rings is 1. The van der Waals surface area contributed by atoms with Crippen molar-refractivity contribution in [1.29, 1.82) is 0 Å². The van der Waals surface area contributed by atoms with Crippen molar-refractivity contribution in [2.75, 3.05) is 31.1 Å². The fraction of sp³-hybridized carbons (Fsp3) is 0.462. The lowest BCUT2D eigenvalue weighted by molar-refractivity contribution is -0.123. The summed E-state index contributed by atoms with van der Waals surface area (Å²) in [6.07, 6.45) is 3.09. The molecule has 0 saturated carbocycles. The number of ether oxygens (including phenoxy) is 1. The largest absolute Gasteiger partial charge is 0.376 e. The van der Waals surface area contributed by atoms with Crippen molar-refractivity contribution in [2.24, 2.45) is 5.92 Å². The molecule has 2 atom stereocenters. The number of anilines is 1. The molecule has 0 radical (unpaired) electrons. The number of hydrogen-bond acceptors (Lipinski definition) is 6. The van der Waals surface area contributed by atoms with E-state index in [1.165, 1.54) is 27.8 Å². The molecular weight excluding hydrogens is 518 g/mol. The van der Waals surface area contributed by atoms with Gasteiger partial charge in [-0.2, -0.15) is 4.31 Å². The van der Waals surface area contributed by atoms with Gasteiger partial charge in [-0.25, -0.2) is 13.4 Å². The number of benzene rings is 2. The number of fused-ring (bicyclic) bond motifs is 1. The summed E-state index contributed by atoms with van der Waals surface area (Å²) < 4.78 is 34.9. The van der Waals surface area contributed by atoms with E-state index in [1.807, 2.05) is 6.92 Å². The zero-order valence-electron chi connectivity index (χ0n) is 20.4. The van der Waals surface area contributed by atoms with Crippen molar-refractivity contribution in [3.63, 3.8) is 0 Å². The fourth-order valence-corrected chi connectivity index (χ4v) is 7.61. The number of carbonyl (C=O) groups is 1. The van der Waals surface area contributed by atoms with E-state index in [1.54, 1.807) is 17.0 Å². The highest BCUT2D eigenvalue weighted by Gasteiger charge is 2.37. The van der Waals surface area contributed by atoms with Crippen molar-refractivity contribution >= 4 is 54.2 Å². The quantitative estimate of drug-likeness (QED) is 0.425. The number of sulfonamides is 1. The molecule has 2 unspecified atom stereocenters. The Kier molecular flexibility index (Phi) is 7.38. The molecule has 192 valence electrons. The van der Waals surface area contributed by atoms with Crippen LogP contribution in [0.1, 0.15) is 36.8 Å². The third kappa shape index (κ3) is 5.04. The number of amides is 1. The van der Waals surface area contributed by atoms with Gasteiger partial charge in [0.2, 0.25) is 15.9 Å². The Balaban J connectivity index is 1.43. The van der Waals surface area contributed by atoms with Crippen molar-refractivity contribution in [1.82, 2.24) is 9.29 Å². The van der Waals surface area contributed by atoms with Crippen LogP contribution in [0, 0.1) is 19.8 Å². The van der Waals surface area contributed by atoms with Crippen LogP contribution in [-0.2, 0) is 19.6 Å². The Morgan fingerprint density at radius 3 is 2.67 bits per heavy atom. The van der Waals surface area contributed by atoms with Crippen LogP contribution in [0.2, 0.25) is 5.02 Å². The van der Waals surface area contributed by atoms with Gasteiger partial charge in [0.15, 0.2) is 5.13 Å². The van der Waals surface area contributed by atoms with Crippen LogP contribution in [0.5, 0.6) is 0 Å². The number of piperidine rings is 1. The van der Waals surface area contributed by atoms with Gasteiger partial charge in [0, 0.05) is 24.7 Å². The monoisotopic (exact) mass is 547 g/mol. The van der Waals surface area contributed by atoms with Gasteiger partial charge in [-0.05, 0) is 81.0 Å². The summed E-state index contributed by atoms with van der Waals surface area (Å²) in [5.41, 5.74) is 3.18. The topological polar surface area (TPSA) is 79.8 Å². The molecule has 0 bridgehead atoms. The average molecular weight is 548 g/mol. The summed E-state index contributed by atoms with van der Waals surface area (Å²) >= 11 is 7.45. The van der Waals surface area contributed by atoms with E-state index in [4.69, 9.17) is 21.3 Å². The third-order valence-corrected chi connectivity index (χ3v) is 10.3. The Hall–Kier alpha value is -2.04. The van der Waals surface area contributed by atoms with E-state index in [-0.39, 0.29) is 23.5 Å². The molecule has 1 amide bonds. The van der Waals surface area contributed by atoms with Crippen molar-refractivity contribution in [3.8, 4) is 0 Å². The molecule has 2 fully saturated rings. The highest BCUT2D eigenvalue weighted by Crippen LogP contribution is 2.35. The lowest BCUT2D eigenvalue weighted by atomic mass is 9.98. The maximum absolute atomic E-state index is 14.0. The van der Waals surface area contributed by atoms with Crippen LogP contribution in [0.4, 0.5) is 5.13 Å². The molecule has 3 aromatic rings. The van der Waals surface area contributed by atoms with Crippen LogP contribution in [0.3, 0.4) is 0 Å². The molecule has 2 aromatic carbocycles. The maximum Gasteiger partial charge on any atom is 0.243 e. The molecule has 5 rings (SSSR count). The Morgan fingerprint density at radius 2 is 1.94 bits per heavy atom. The van der Waals surface area contributed by atoms with E-state index in [2.05, 4.69) is 19.1 Å². The fourth-order valence-electron chi connectivity index (χ4n) is 4.92. The van der Waals surface area contributed by atoms with E-state index in [0.29, 0.717) is 42.7 Å². The molecule has 36 heavy (non-hydrogen) atoms. The first kappa shape index (κ1) is 25.6. The zero-order valence-corrected chi connectivity index (χ0v) is 22.8. The molecule has 10 heteroatoms. The summed E-state index contributed by atoms with van der Waals surface area (Å²) in [6.45, 7) is 5.77. The summed E-state index contributed by atoms with van der Waals surface area (Å²) in [4.78, 5) is 20.8. The van der Waals surface area contributed by atoms with Crippen LogP contribution in [0.25, 0.3) is 10.2 Å². The lowest BCUT2D eigenvalue weighted by Gasteiger charge is -2.34. The molecule has 0 aliphatic carbocycles. The van der Waals surface area contributed by atoms with E-state index in [9.17, 15) is 13.2 Å². The molecular formula is C26H30ClN3O4S2. The van der Waals surface area contributed by atoms with Crippen molar-refractivity contribution in [3.05, 3.63) is 52.5 Å². The van der Waals surface area contributed by atoms with E-state index >= 15 is 0 Å². The number of rotatable bonds is 6. The second-order valence-electron chi connectivity index (χ2n) is 9.59. The third-order valence-electron chi connectivity index (χ3n) is 7.17. The molecule has 7 nitrogen and oxygen atoms in total. The van der Waals surface area contributed by atoms with Gasteiger partial charge in [0.1, 0.15) is 0 Å². The number of hydrogen-bond donors (Lipinski definition) is 0. The Morgan fingerprint density at radius 1 is 1.17 bits per heavy atom. The molecule has 0 N–H and O–H groups in total. The number of aromatic nitrogens is 1. The van der Waals surface area contributed by atoms with Crippen LogP contribution in [0.15, 0.2) is 41.3 Å². The van der Waals surface area contributed by atoms with Gasteiger partial charge in [0.25, 0.3) is 0 Å². The Labute approximate surface area is 221 Å². The molecule has 2 aliphatic heterocycles. The molecule has 0 spiro atoms. The second-order valence-corrected chi connectivity index (χ2v) is 13.0. The first-order valence-electron chi connectivity index (χ1n) is 12.3. The molecule has 1 aromatic heterocycles. The predicted octanol–water partition coefficient (Wildman–Crippen LogP) is 5.18. The highest BCUT2D eigenvalue weighted by atomic mass is 35.5. The highest BCUT2D eigenvalue weighted by molar-refractivity contribution is 7.89. The SMILES string of the molecule is Cc1ccc2sc(N(CC3CCCO3)C(=O)C3CCCN(S(=O)(=O)c4ccc(Cl)cc4)C3)nc2c1C. The van der Waals surface area contributed by atoms with Crippen LogP contribution < -0.4 is 4.90 Å². The summed E-state index contributed by atoms with van der Waals surface area (Å²) in [7, 11) is -3.72. The zero-order chi connectivity index (χ0) is 25.4. The first-order valence-corrected chi connectivity index (χ1v) is 14.9. The summed E-state index contributed by atoms with van der Waals surface area (Å²) in [6, 6.07) is 10.3. The standard InChI is InChI=1S/C26H30ClN3O4S2/c1-17-7-12-23-24(18(17)2)28-26(35-23)30(16-21-6-4-14-34-21)25(31)19-5-3-13-29(15-19)36(32,33)22-10-8-20(27)9-11-22/h7-12,19,21H,3-6,13-16H2,1-2H3. The smallest absolute Gasteiger partial charge is 0.243 e. The van der Waals surface area contributed by atoms with Gasteiger partial charge in [-0.1, -0.05) is 29.0 Å². The number of aryl methyl sites for hydroxylation is 2. The van der Waals surface area contributed by atoms with Crippen molar-refractivity contribution < 1.29 is 17.9 Å². The average Bonchev–Trinajstić information content (AvgIpc) is 3.55. The van der Waals surface area contributed by atoms with Gasteiger partial charge in [0.05, 0.1) is 33.7 Å². The Bertz CT molecular complexity index is 1370. The number of halogens is 1. The van der Waals surface area contributed by atoms with Crippen LogP contribution in [-0.4, -0.2) is 56.0 Å². The normalized spacial score (nSPS) is 21.2. The van der Waals surface area contributed by atoms with E-state index in [0.717, 1.165) is 34.2 Å². The minimum atomic E-state index is -3.72. The maximum atomic E-state index is 14.0. The van der Waals surface area contributed by atoms with Gasteiger partial charge < -0.3 is 4.74 Å².